The van der Waals surface area contributed by atoms with Crippen LogP contribution in [0.1, 0.15) is 15.9 Å². The maximum Gasteiger partial charge on any atom is 0.296 e. The molecular formula is C10H7NO2. The minimum atomic E-state index is -0.559. The van der Waals surface area contributed by atoms with E-state index < -0.39 is 11.7 Å². The van der Waals surface area contributed by atoms with Crippen molar-refractivity contribution in [2.75, 3.05) is 5.32 Å². The topological polar surface area (TPSA) is 46.2 Å². The van der Waals surface area contributed by atoms with Crippen molar-refractivity contribution >= 4 is 23.5 Å². The van der Waals surface area contributed by atoms with E-state index in [2.05, 4.69) is 11.9 Å². The molecule has 3 nitrogen and oxygen atoms in total. The summed E-state index contributed by atoms with van der Waals surface area (Å²) in [5, 5.41) is 2.48. The zero-order valence-corrected chi connectivity index (χ0v) is 6.83. The van der Waals surface area contributed by atoms with Crippen molar-refractivity contribution in [3.05, 3.63) is 35.9 Å². The van der Waals surface area contributed by atoms with E-state index in [1.165, 1.54) is 0 Å². The Hall–Kier alpha value is -1.90. The number of amides is 1. The van der Waals surface area contributed by atoms with Crippen LogP contribution in [0.15, 0.2) is 24.8 Å². The predicted molar refractivity (Wildman–Crippen MR) is 49.5 cm³/mol. The van der Waals surface area contributed by atoms with Gasteiger partial charge < -0.3 is 5.32 Å². The SMILES string of the molecule is C=Cc1ccc2c(c1)C(=O)C(=O)N2. The third-order valence-corrected chi connectivity index (χ3v) is 1.98. The summed E-state index contributed by atoms with van der Waals surface area (Å²) >= 11 is 0. The Bertz CT molecular complexity index is 421. The van der Waals surface area contributed by atoms with Crippen molar-refractivity contribution in [1.29, 1.82) is 0 Å². The van der Waals surface area contributed by atoms with Gasteiger partial charge >= 0.3 is 0 Å². The fraction of sp³-hybridized carbons (Fsp3) is 0. The first-order chi connectivity index (χ1) is 6.22. The molecule has 0 atom stereocenters. The summed E-state index contributed by atoms with van der Waals surface area (Å²) in [5.41, 5.74) is 1.85. The molecule has 1 aromatic rings. The molecular weight excluding hydrogens is 166 g/mol. The Kier molecular flexibility index (Phi) is 1.52. The van der Waals surface area contributed by atoms with Gasteiger partial charge in [-0.15, -0.1) is 0 Å². The van der Waals surface area contributed by atoms with Gasteiger partial charge in [-0.1, -0.05) is 18.7 Å². The number of ketones is 1. The van der Waals surface area contributed by atoms with Gasteiger partial charge in [0.1, 0.15) is 0 Å². The van der Waals surface area contributed by atoms with Crippen molar-refractivity contribution in [3.8, 4) is 0 Å². The summed E-state index contributed by atoms with van der Waals surface area (Å²) in [5.74, 6) is -1.03. The van der Waals surface area contributed by atoms with Crippen LogP contribution in [-0.4, -0.2) is 11.7 Å². The van der Waals surface area contributed by atoms with E-state index in [4.69, 9.17) is 0 Å². The molecule has 1 heterocycles. The van der Waals surface area contributed by atoms with Crippen molar-refractivity contribution in [3.63, 3.8) is 0 Å². The van der Waals surface area contributed by atoms with Crippen molar-refractivity contribution in [1.82, 2.24) is 0 Å². The molecule has 3 heteroatoms. The number of benzene rings is 1. The summed E-state index contributed by atoms with van der Waals surface area (Å²) in [6, 6.07) is 5.16. The Morgan fingerprint density at radius 2 is 2.08 bits per heavy atom. The molecule has 1 N–H and O–H groups in total. The maximum atomic E-state index is 11.2. The molecule has 0 saturated carbocycles. The molecule has 1 aliphatic heterocycles. The van der Waals surface area contributed by atoms with Gasteiger partial charge in [0.25, 0.3) is 11.7 Å². The average molecular weight is 173 g/mol. The first-order valence-corrected chi connectivity index (χ1v) is 3.84. The van der Waals surface area contributed by atoms with Gasteiger partial charge in [-0.25, -0.2) is 0 Å². The minimum absolute atomic E-state index is 0.433. The molecule has 0 bridgehead atoms. The molecule has 0 spiro atoms. The summed E-state index contributed by atoms with van der Waals surface area (Å²) in [4.78, 5) is 22.2. The number of hydrogen-bond acceptors (Lipinski definition) is 2. The van der Waals surface area contributed by atoms with E-state index in [1.54, 1.807) is 24.3 Å². The first kappa shape index (κ1) is 7.73. The molecule has 1 amide bonds. The van der Waals surface area contributed by atoms with Gasteiger partial charge in [0, 0.05) is 0 Å². The largest absolute Gasteiger partial charge is 0.318 e. The Labute approximate surface area is 75.1 Å². The van der Waals surface area contributed by atoms with E-state index in [9.17, 15) is 9.59 Å². The number of anilines is 1. The lowest BCUT2D eigenvalue weighted by atomic mass is 10.1. The van der Waals surface area contributed by atoms with Crippen LogP contribution in [0.5, 0.6) is 0 Å². The molecule has 64 valence electrons. The average Bonchev–Trinajstić information content (AvgIpc) is 2.43. The first-order valence-electron chi connectivity index (χ1n) is 3.84. The standard InChI is InChI=1S/C10H7NO2/c1-2-6-3-4-8-7(5-6)9(12)10(13)11-8/h2-5H,1H2,(H,11,12,13). The fourth-order valence-electron chi connectivity index (χ4n) is 1.29. The summed E-state index contributed by atoms with van der Waals surface area (Å²) in [6.07, 6.45) is 1.64. The molecule has 13 heavy (non-hydrogen) atoms. The normalized spacial score (nSPS) is 13.8. The van der Waals surface area contributed by atoms with Crippen molar-refractivity contribution in [2.45, 2.75) is 0 Å². The molecule has 0 fully saturated rings. The van der Waals surface area contributed by atoms with Crippen LogP contribution in [0.4, 0.5) is 5.69 Å². The minimum Gasteiger partial charge on any atom is -0.318 e. The predicted octanol–water partition coefficient (Wildman–Crippen LogP) is 1.46. The number of nitrogens with one attached hydrogen (secondary N) is 1. The van der Waals surface area contributed by atoms with Crippen LogP contribution >= 0.6 is 0 Å². The summed E-state index contributed by atoms with van der Waals surface area (Å²) in [6.45, 7) is 3.58. The quantitative estimate of drug-likeness (QED) is 0.653. The van der Waals surface area contributed by atoms with Crippen LogP contribution < -0.4 is 5.32 Å². The number of Topliss-reactive ketones (excluding diaryl/α,β-unsaturated/α-hetero) is 1. The Balaban J connectivity index is 2.60. The highest BCUT2D eigenvalue weighted by atomic mass is 16.2. The third-order valence-electron chi connectivity index (χ3n) is 1.98. The fourth-order valence-corrected chi connectivity index (χ4v) is 1.29. The number of carbonyl (C=O) groups excluding carboxylic acids is 2. The highest BCUT2D eigenvalue weighted by Gasteiger charge is 2.27. The smallest absolute Gasteiger partial charge is 0.296 e. The molecule has 0 saturated heterocycles. The molecule has 1 aliphatic rings. The molecule has 0 unspecified atom stereocenters. The van der Waals surface area contributed by atoms with Crippen LogP contribution in [0.3, 0.4) is 0 Å². The number of carbonyl (C=O) groups is 2. The van der Waals surface area contributed by atoms with Crippen LogP contribution in [-0.2, 0) is 4.79 Å². The van der Waals surface area contributed by atoms with E-state index >= 15 is 0 Å². The van der Waals surface area contributed by atoms with E-state index in [-0.39, 0.29) is 0 Å². The van der Waals surface area contributed by atoms with Crippen molar-refractivity contribution in [2.24, 2.45) is 0 Å². The lowest BCUT2D eigenvalue weighted by molar-refractivity contribution is -0.112. The number of fused-ring (bicyclic) bond motifs is 1. The van der Waals surface area contributed by atoms with Crippen molar-refractivity contribution < 1.29 is 9.59 Å². The van der Waals surface area contributed by atoms with Gasteiger partial charge in [0.15, 0.2) is 0 Å². The van der Waals surface area contributed by atoms with Gasteiger partial charge in [-0.3, -0.25) is 9.59 Å². The van der Waals surface area contributed by atoms with Crippen LogP contribution in [0, 0.1) is 0 Å². The van der Waals surface area contributed by atoms with Crippen LogP contribution in [0.25, 0.3) is 6.08 Å². The summed E-state index contributed by atoms with van der Waals surface area (Å²) in [7, 11) is 0. The zero-order chi connectivity index (χ0) is 9.42. The number of rotatable bonds is 1. The molecule has 1 aromatic carbocycles. The molecule has 0 aliphatic carbocycles. The molecule has 0 radical (unpaired) electrons. The van der Waals surface area contributed by atoms with Gasteiger partial charge in [0.05, 0.1) is 11.3 Å². The Morgan fingerprint density at radius 1 is 1.31 bits per heavy atom. The number of hydrogen-bond donors (Lipinski definition) is 1. The monoisotopic (exact) mass is 173 g/mol. The summed E-state index contributed by atoms with van der Waals surface area (Å²) < 4.78 is 0. The van der Waals surface area contributed by atoms with Gasteiger partial charge in [-0.05, 0) is 17.7 Å². The van der Waals surface area contributed by atoms with E-state index in [1.807, 2.05) is 0 Å². The second-order valence-electron chi connectivity index (χ2n) is 2.79. The second-order valence-corrected chi connectivity index (χ2v) is 2.79. The van der Waals surface area contributed by atoms with E-state index in [0.717, 1.165) is 5.56 Å². The van der Waals surface area contributed by atoms with Crippen LogP contribution in [0.2, 0.25) is 0 Å². The van der Waals surface area contributed by atoms with E-state index in [0.29, 0.717) is 11.3 Å². The van der Waals surface area contributed by atoms with Gasteiger partial charge in [0.2, 0.25) is 0 Å². The molecule has 0 aromatic heterocycles. The molecule has 2 rings (SSSR count). The highest BCUT2D eigenvalue weighted by Crippen LogP contribution is 2.24. The highest BCUT2D eigenvalue weighted by molar-refractivity contribution is 6.51. The van der Waals surface area contributed by atoms with Gasteiger partial charge in [-0.2, -0.15) is 0 Å². The third kappa shape index (κ3) is 1.05. The lowest BCUT2D eigenvalue weighted by Gasteiger charge is -1.97. The maximum absolute atomic E-state index is 11.2. The zero-order valence-electron chi connectivity index (χ0n) is 6.83. The Morgan fingerprint density at radius 3 is 2.77 bits per heavy atom. The lowest BCUT2D eigenvalue weighted by Crippen LogP contribution is -2.12. The second kappa shape index (κ2) is 2.55.